The number of rotatable bonds is 2. The molecular weight excluding hydrogens is 253 g/mol. The second-order valence-corrected chi connectivity index (χ2v) is 4.88. The first-order chi connectivity index (χ1) is 8.08. The van der Waals surface area contributed by atoms with E-state index >= 15 is 0 Å². The van der Waals surface area contributed by atoms with Gasteiger partial charge in [0.2, 0.25) is 0 Å². The Labute approximate surface area is 111 Å². The van der Waals surface area contributed by atoms with Gasteiger partial charge in [0.15, 0.2) is 0 Å². The van der Waals surface area contributed by atoms with Gasteiger partial charge in [-0.25, -0.2) is 0 Å². The molecule has 0 saturated heterocycles. The SMILES string of the molecule is Cc1cc(N)c(Cl)c(Cc2ccccc2Cl)c1. The lowest BCUT2D eigenvalue weighted by Gasteiger charge is -2.09. The molecule has 0 bridgehead atoms. The van der Waals surface area contributed by atoms with Crippen LogP contribution in [0.4, 0.5) is 5.69 Å². The van der Waals surface area contributed by atoms with Crippen LogP contribution in [-0.4, -0.2) is 0 Å². The minimum absolute atomic E-state index is 0.619. The topological polar surface area (TPSA) is 26.0 Å². The van der Waals surface area contributed by atoms with Gasteiger partial charge in [-0.1, -0.05) is 47.5 Å². The van der Waals surface area contributed by atoms with Gasteiger partial charge in [0, 0.05) is 11.4 Å². The highest BCUT2D eigenvalue weighted by Gasteiger charge is 2.08. The number of nitrogens with two attached hydrogens (primary N) is 1. The molecular formula is C14H13Cl2N. The summed E-state index contributed by atoms with van der Waals surface area (Å²) in [5, 5.41) is 1.37. The Morgan fingerprint density at radius 2 is 1.76 bits per heavy atom. The lowest BCUT2D eigenvalue weighted by molar-refractivity contribution is 1.18. The van der Waals surface area contributed by atoms with Crippen LogP contribution >= 0.6 is 23.2 Å². The van der Waals surface area contributed by atoms with Crippen LogP contribution in [0.15, 0.2) is 36.4 Å². The molecule has 88 valence electrons. The van der Waals surface area contributed by atoms with E-state index in [1.165, 1.54) is 0 Å². The number of hydrogen-bond acceptors (Lipinski definition) is 1. The van der Waals surface area contributed by atoms with Crippen molar-refractivity contribution in [2.24, 2.45) is 0 Å². The van der Waals surface area contributed by atoms with E-state index in [4.69, 9.17) is 28.9 Å². The molecule has 0 aliphatic carbocycles. The van der Waals surface area contributed by atoms with Crippen molar-refractivity contribution < 1.29 is 0 Å². The van der Waals surface area contributed by atoms with E-state index in [0.29, 0.717) is 17.1 Å². The number of halogens is 2. The van der Waals surface area contributed by atoms with Crippen LogP contribution < -0.4 is 5.73 Å². The minimum Gasteiger partial charge on any atom is -0.398 e. The molecule has 2 aromatic carbocycles. The number of hydrogen-bond donors (Lipinski definition) is 1. The maximum atomic E-state index is 6.20. The molecule has 0 saturated carbocycles. The van der Waals surface area contributed by atoms with Crippen LogP contribution in [-0.2, 0) is 6.42 Å². The molecule has 0 amide bonds. The molecule has 2 rings (SSSR count). The van der Waals surface area contributed by atoms with Crippen LogP contribution in [0.25, 0.3) is 0 Å². The molecule has 0 atom stereocenters. The van der Waals surface area contributed by atoms with E-state index in [1.54, 1.807) is 0 Å². The Balaban J connectivity index is 2.40. The van der Waals surface area contributed by atoms with Crippen molar-refractivity contribution in [3.05, 3.63) is 63.1 Å². The number of anilines is 1. The molecule has 0 fully saturated rings. The first kappa shape index (κ1) is 12.3. The van der Waals surface area contributed by atoms with Crippen molar-refractivity contribution in [2.75, 3.05) is 5.73 Å². The van der Waals surface area contributed by atoms with Crippen LogP contribution in [0, 0.1) is 6.92 Å². The average Bonchev–Trinajstić information content (AvgIpc) is 2.28. The fourth-order valence-electron chi connectivity index (χ4n) is 1.85. The summed E-state index contributed by atoms with van der Waals surface area (Å²) in [5.41, 5.74) is 9.64. The van der Waals surface area contributed by atoms with Crippen LogP contribution in [0.1, 0.15) is 16.7 Å². The molecule has 1 nitrogen and oxygen atoms in total. The maximum absolute atomic E-state index is 6.20. The van der Waals surface area contributed by atoms with Crippen molar-refractivity contribution in [1.29, 1.82) is 0 Å². The highest BCUT2D eigenvalue weighted by atomic mass is 35.5. The van der Waals surface area contributed by atoms with Gasteiger partial charge in [-0.2, -0.15) is 0 Å². The number of nitrogen functional groups attached to an aromatic ring is 1. The second-order valence-electron chi connectivity index (χ2n) is 4.10. The normalized spacial score (nSPS) is 10.5. The van der Waals surface area contributed by atoms with Crippen molar-refractivity contribution >= 4 is 28.9 Å². The zero-order chi connectivity index (χ0) is 12.4. The fourth-order valence-corrected chi connectivity index (χ4v) is 2.23. The first-order valence-corrected chi connectivity index (χ1v) is 6.11. The zero-order valence-electron chi connectivity index (χ0n) is 9.50. The molecule has 2 aromatic rings. The summed E-state index contributed by atoms with van der Waals surface area (Å²) >= 11 is 12.3. The lowest BCUT2D eigenvalue weighted by atomic mass is 10.0. The molecule has 0 unspecified atom stereocenters. The standard InChI is InChI=1S/C14H13Cl2N/c1-9-6-11(14(16)13(17)7-9)8-10-4-2-3-5-12(10)15/h2-7H,8,17H2,1H3. The predicted octanol–water partition coefficient (Wildman–Crippen LogP) is 4.47. The molecule has 0 heterocycles. The zero-order valence-corrected chi connectivity index (χ0v) is 11.0. The third kappa shape index (κ3) is 2.74. The van der Waals surface area contributed by atoms with Crippen LogP contribution in [0.2, 0.25) is 10.0 Å². The van der Waals surface area contributed by atoms with Crippen molar-refractivity contribution in [2.45, 2.75) is 13.3 Å². The van der Waals surface area contributed by atoms with Gasteiger partial charge >= 0.3 is 0 Å². The van der Waals surface area contributed by atoms with Gasteiger partial charge in [0.05, 0.1) is 10.7 Å². The van der Waals surface area contributed by atoms with Gasteiger partial charge in [0.1, 0.15) is 0 Å². The molecule has 0 aliphatic rings. The van der Waals surface area contributed by atoms with E-state index in [2.05, 4.69) is 0 Å². The Hall–Kier alpha value is -1.18. The van der Waals surface area contributed by atoms with Gasteiger partial charge in [-0.05, 0) is 35.7 Å². The van der Waals surface area contributed by atoms with Crippen LogP contribution in [0.5, 0.6) is 0 Å². The highest BCUT2D eigenvalue weighted by Crippen LogP contribution is 2.29. The second kappa shape index (κ2) is 4.99. The third-order valence-electron chi connectivity index (χ3n) is 2.66. The number of benzene rings is 2. The molecule has 0 radical (unpaired) electrons. The van der Waals surface area contributed by atoms with Crippen LogP contribution in [0.3, 0.4) is 0 Å². The van der Waals surface area contributed by atoms with Crippen molar-refractivity contribution in [3.8, 4) is 0 Å². The van der Waals surface area contributed by atoms with E-state index in [-0.39, 0.29) is 0 Å². The molecule has 2 N–H and O–H groups in total. The predicted molar refractivity (Wildman–Crippen MR) is 74.9 cm³/mol. The summed E-state index contributed by atoms with van der Waals surface area (Å²) < 4.78 is 0. The summed E-state index contributed by atoms with van der Waals surface area (Å²) in [4.78, 5) is 0. The van der Waals surface area contributed by atoms with Crippen molar-refractivity contribution in [1.82, 2.24) is 0 Å². The van der Waals surface area contributed by atoms with E-state index in [0.717, 1.165) is 21.7 Å². The largest absolute Gasteiger partial charge is 0.398 e. The fraction of sp³-hybridized carbons (Fsp3) is 0.143. The summed E-state index contributed by atoms with van der Waals surface area (Å²) in [6.07, 6.45) is 0.699. The molecule has 17 heavy (non-hydrogen) atoms. The smallest absolute Gasteiger partial charge is 0.0670 e. The molecule has 3 heteroatoms. The van der Waals surface area contributed by atoms with Gasteiger partial charge in [-0.3, -0.25) is 0 Å². The summed E-state index contributed by atoms with van der Waals surface area (Å²) in [7, 11) is 0. The third-order valence-corrected chi connectivity index (χ3v) is 3.49. The van der Waals surface area contributed by atoms with E-state index in [1.807, 2.05) is 43.3 Å². The minimum atomic E-state index is 0.619. The summed E-state index contributed by atoms with van der Waals surface area (Å²) in [6, 6.07) is 11.7. The Kier molecular flexibility index (Phi) is 3.60. The van der Waals surface area contributed by atoms with E-state index in [9.17, 15) is 0 Å². The molecule has 0 spiro atoms. The van der Waals surface area contributed by atoms with E-state index < -0.39 is 0 Å². The quantitative estimate of drug-likeness (QED) is 0.797. The first-order valence-electron chi connectivity index (χ1n) is 5.36. The van der Waals surface area contributed by atoms with Gasteiger partial charge in [0.25, 0.3) is 0 Å². The average molecular weight is 266 g/mol. The number of aryl methyl sites for hydroxylation is 1. The molecule has 0 aromatic heterocycles. The summed E-state index contributed by atoms with van der Waals surface area (Å²) in [5.74, 6) is 0. The summed E-state index contributed by atoms with van der Waals surface area (Å²) in [6.45, 7) is 2.00. The Bertz CT molecular complexity index is 550. The van der Waals surface area contributed by atoms with Gasteiger partial charge < -0.3 is 5.73 Å². The van der Waals surface area contributed by atoms with Crippen molar-refractivity contribution in [3.63, 3.8) is 0 Å². The lowest BCUT2D eigenvalue weighted by Crippen LogP contribution is -1.96. The monoisotopic (exact) mass is 265 g/mol. The maximum Gasteiger partial charge on any atom is 0.0670 e. The molecule has 0 aliphatic heterocycles. The van der Waals surface area contributed by atoms with Gasteiger partial charge in [-0.15, -0.1) is 0 Å². The Morgan fingerprint density at radius 1 is 1.06 bits per heavy atom. The highest BCUT2D eigenvalue weighted by molar-refractivity contribution is 6.34. The Morgan fingerprint density at radius 3 is 2.47 bits per heavy atom.